The Labute approximate surface area is 54.1 Å². The first-order valence-electron chi connectivity index (χ1n) is 2.71. The molecule has 0 fully saturated rings. The van der Waals surface area contributed by atoms with Crippen molar-refractivity contribution in [2.45, 2.75) is 0 Å². The molecule has 0 aromatic heterocycles. The lowest BCUT2D eigenvalue weighted by Crippen LogP contribution is -2.04. The molecule has 9 heavy (non-hydrogen) atoms. The maximum Gasteiger partial charge on any atom is 0.139 e. The molecule has 1 nitrogen and oxygen atoms in total. The second-order valence-electron chi connectivity index (χ2n) is 2.06. The number of benzene rings is 1. The Bertz CT molecular complexity index is 174. The maximum atomic E-state index is 12.3. The molecule has 0 heterocycles. The predicted molar refractivity (Wildman–Crippen MR) is 39.0 cm³/mol. The van der Waals surface area contributed by atoms with Gasteiger partial charge in [0.15, 0.2) is 0 Å². The lowest BCUT2D eigenvalue weighted by molar-refractivity contribution is 0.629. The summed E-state index contributed by atoms with van der Waals surface area (Å²) in [7, 11) is 1.80. The van der Waals surface area contributed by atoms with Crippen molar-refractivity contribution in [3.63, 3.8) is 0 Å². The van der Waals surface area contributed by atoms with Crippen molar-refractivity contribution in [2.24, 2.45) is 0 Å². The molecule has 0 aliphatic rings. The minimum absolute atomic E-state index is 0.271. The zero-order chi connectivity index (χ0) is 6.85. The third-order valence-electron chi connectivity index (χ3n) is 1.06. The maximum absolute atomic E-state index is 12.3. The van der Waals surface area contributed by atoms with Crippen LogP contribution in [-0.4, -0.2) is 7.85 Å². The molecule has 0 saturated heterocycles. The summed E-state index contributed by atoms with van der Waals surface area (Å²) in [5.74, 6) is -0.271. The molecule has 46 valence electrons. The molecule has 0 amide bonds. The van der Waals surface area contributed by atoms with Crippen molar-refractivity contribution in [3.05, 3.63) is 24.0 Å². The van der Waals surface area contributed by atoms with Gasteiger partial charge < -0.3 is 5.73 Å². The molecule has 0 atom stereocenters. The molecular weight excluding hydrogens is 116 g/mol. The Kier molecular flexibility index (Phi) is 1.43. The van der Waals surface area contributed by atoms with Crippen LogP contribution < -0.4 is 11.2 Å². The smallest absolute Gasteiger partial charge is 0.139 e. The molecule has 0 aliphatic heterocycles. The number of nitrogen functional groups attached to an aromatic ring is 1. The second kappa shape index (κ2) is 2.09. The van der Waals surface area contributed by atoms with E-state index in [0.717, 1.165) is 5.46 Å². The minimum Gasteiger partial charge on any atom is -0.399 e. The molecule has 0 radical (unpaired) electrons. The van der Waals surface area contributed by atoms with Crippen LogP contribution >= 0.6 is 0 Å². The largest absolute Gasteiger partial charge is 0.399 e. The number of anilines is 1. The molecule has 1 aromatic carbocycles. The van der Waals surface area contributed by atoms with Gasteiger partial charge in [-0.05, 0) is 18.2 Å². The molecule has 1 aromatic rings. The molecular formula is C6H7BFN. The summed E-state index contributed by atoms with van der Waals surface area (Å²) < 4.78 is 12.3. The van der Waals surface area contributed by atoms with Crippen molar-refractivity contribution >= 4 is 19.0 Å². The van der Waals surface area contributed by atoms with E-state index in [9.17, 15) is 4.39 Å². The van der Waals surface area contributed by atoms with Crippen LogP contribution in [0.25, 0.3) is 0 Å². The van der Waals surface area contributed by atoms with E-state index in [1.807, 2.05) is 0 Å². The van der Waals surface area contributed by atoms with Crippen LogP contribution in [0.15, 0.2) is 18.2 Å². The van der Waals surface area contributed by atoms with E-state index >= 15 is 0 Å². The predicted octanol–water partition coefficient (Wildman–Crippen LogP) is -0.334. The van der Waals surface area contributed by atoms with E-state index in [0.29, 0.717) is 5.69 Å². The number of rotatable bonds is 0. The lowest BCUT2D eigenvalue weighted by atomic mass is 9.96. The highest BCUT2D eigenvalue weighted by atomic mass is 19.1. The van der Waals surface area contributed by atoms with E-state index in [4.69, 9.17) is 5.73 Å². The van der Waals surface area contributed by atoms with Gasteiger partial charge in [0.05, 0.1) is 0 Å². The van der Waals surface area contributed by atoms with Gasteiger partial charge in [0.25, 0.3) is 0 Å². The van der Waals surface area contributed by atoms with Gasteiger partial charge in [-0.2, -0.15) is 0 Å². The monoisotopic (exact) mass is 123 g/mol. The highest BCUT2D eigenvalue weighted by Gasteiger charge is 1.91. The lowest BCUT2D eigenvalue weighted by Gasteiger charge is -1.94. The van der Waals surface area contributed by atoms with Crippen LogP contribution in [-0.2, 0) is 0 Å². The Balaban J connectivity index is 3.17. The van der Waals surface area contributed by atoms with Crippen LogP contribution in [0, 0.1) is 5.82 Å². The fourth-order valence-corrected chi connectivity index (χ4v) is 0.765. The highest BCUT2D eigenvalue weighted by Crippen LogP contribution is 2.00. The summed E-state index contributed by atoms with van der Waals surface area (Å²) in [6.07, 6.45) is 0. The van der Waals surface area contributed by atoms with Gasteiger partial charge in [0.2, 0.25) is 0 Å². The Morgan fingerprint density at radius 3 is 2.44 bits per heavy atom. The zero-order valence-corrected chi connectivity index (χ0v) is 5.19. The Hall–Kier alpha value is -0.985. The van der Waals surface area contributed by atoms with Gasteiger partial charge in [-0.3, -0.25) is 0 Å². The molecule has 1 rings (SSSR count). The van der Waals surface area contributed by atoms with Crippen molar-refractivity contribution in [1.29, 1.82) is 0 Å². The number of hydrogen-bond donors (Lipinski definition) is 1. The third kappa shape index (κ3) is 1.45. The van der Waals surface area contributed by atoms with Crippen molar-refractivity contribution in [2.75, 3.05) is 5.73 Å². The van der Waals surface area contributed by atoms with Crippen LogP contribution in [0.2, 0.25) is 0 Å². The molecule has 0 spiro atoms. The van der Waals surface area contributed by atoms with E-state index in [2.05, 4.69) is 0 Å². The average molecular weight is 123 g/mol. The van der Waals surface area contributed by atoms with Crippen LogP contribution in [0.4, 0.5) is 10.1 Å². The number of nitrogens with two attached hydrogens (primary N) is 1. The van der Waals surface area contributed by atoms with E-state index < -0.39 is 0 Å². The summed E-state index contributed by atoms with van der Waals surface area (Å²) in [6.45, 7) is 0. The summed E-state index contributed by atoms with van der Waals surface area (Å²) in [6, 6.07) is 4.46. The first-order chi connectivity index (χ1) is 4.18. The van der Waals surface area contributed by atoms with Gasteiger partial charge in [-0.15, -0.1) is 0 Å². The van der Waals surface area contributed by atoms with E-state index in [1.54, 1.807) is 13.9 Å². The summed E-state index contributed by atoms with van der Waals surface area (Å²) >= 11 is 0. The molecule has 0 saturated carbocycles. The molecule has 3 heteroatoms. The van der Waals surface area contributed by atoms with E-state index in [-0.39, 0.29) is 5.82 Å². The van der Waals surface area contributed by atoms with Crippen molar-refractivity contribution in [3.8, 4) is 0 Å². The van der Waals surface area contributed by atoms with Gasteiger partial charge in [0, 0.05) is 5.69 Å². The van der Waals surface area contributed by atoms with Gasteiger partial charge >= 0.3 is 0 Å². The first-order valence-corrected chi connectivity index (χ1v) is 2.71. The van der Waals surface area contributed by atoms with Crippen LogP contribution in [0.3, 0.4) is 0 Å². The average Bonchev–Trinajstić information content (AvgIpc) is 1.59. The Morgan fingerprint density at radius 2 is 2.00 bits per heavy atom. The summed E-state index contributed by atoms with van der Waals surface area (Å²) in [4.78, 5) is 0. The van der Waals surface area contributed by atoms with Crippen LogP contribution in [0.5, 0.6) is 0 Å². The molecule has 0 aliphatic carbocycles. The highest BCUT2D eigenvalue weighted by molar-refractivity contribution is 6.32. The van der Waals surface area contributed by atoms with Gasteiger partial charge in [-0.1, -0.05) is 5.46 Å². The zero-order valence-electron chi connectivity index (χ0n) is 5.19. The van der Waals surface area contributed by atoms with E-state index in [1.165, 1.54) is 12.1 Å². The molecule has 2 N–H and O–H groups in total. The normalized spacial score (nSPS) is 9.44. The fraction of sp³-hybridized carbons (Fsp3) is 0. The van der Waals surface area contributed by atoms with Crippen LogP contribution in [0.1, 0.15) is 0 Å². The molecule has 0 bridgehead atoms. The first kappa shape index (κ1) is 6.14. The summed E-state index contributed by atoms with van der Waals surface area (Å²) in [5, 5.41) is 0. The topological polar surface area (TPSA) is 26.0 Å². The minimum atomic E-state index is -0.271. The fourth-order valence-electron chi connectivity index (χ4n) is 0.765. The quantitative estimate of drug-likeness (QED) is 0.370. The summed E-state index contributed by atoms with van der Waals surface area (Å²) in [5.41, 5.74) is 6.65. The van der Waals surface area contributed by atoms with Crippen molar-refractivity contribution < 1.29 is 4.39 Å². The number of halogens is 1. The second-order valence-corrected chi connectivity index (χ2v) is 2.06. The molecule has 0 unspecified atom stereocenters. The van der Waals surface area contributed by atoms with Gasteiger partial charge in [-0.25, -0.2) is 4.39 Å². The Morgan fingerprint density at radius 1 is 1.33 bits per heavy atom. The standard InChI is InChI=1S/C6H7BFN/c7-4-1-5(8)3-6(9)2-4/h1-3H,7,9H2. The SMILES string of the molecule is Bc1cc(N)cc(F)c1. The third-order valence-corrected chi connectivity index (χ3v) is 1.06. The van der Waals surface area contributed by atoms with Gasteiger partial charge in [0.1, 0.15) is 13.7 Å². The van der Waals surface area contributed by atoms with Crippen molar-refractivity contribution in [1.82, 2.24) is 0 Å². The number of hydrogen-bond acceptors (Lipinski definition) is 1.